The van der Waals surface area contributed by atoms with Gasteiger partial charge in [0.15, 0.2) is 0 Å². The fraction of sp³-hybridized carbons (Fsp3) is 0.600. The van der Waals surface area contributed by atoms with Crippen molar-refractivity contribution in [1.82, 2.24) is 10.2 Å². The van der Waals surface area contributed by atoms with Gasteiger partial charge in [-0.25, -0.2) is 8.78 Å². The van der Waals surface area contributed by atoms with Crippen LogP contribution in [-0.4, -0.2) is 31.1 Å². The average Bonchev–Trinajstić information content (AvgIpc) is 2.35. The average molecular weight is 374 g/mol. The number of hydrogen-bond acceptors (Lipinski definition) is 2. The van der Waals surface area contributed by atoms with Crippen molar-refractivity contribution < 1.29 is 8.78 Å². The van der Waals surface area contributed by atoms with Crippen LogP contribution in [0.15, 0.2) is 12.1 Å². The molecule has 1 aromatic rings. The van der Waals surface area contributed by atoms with E-state index in [-0.39, 0.29) is 41.4 Å². The van der Waals surface area contributed by atoms with Gasteiger partial charge in [-0.2, -0.15) is 0 Å². The lowest BCUT2D eigenvalue weighted by atomic mass is 9.76. The molecule has 1 aliphatic carbocycles. The third kappa shape index (κ3) is 4.04. The van der Waals surface area contributed by atoms with E-state index in [4.69, 9.17) is 11.6 Å². The van der Waals surface area contributed by atoms with E-state index in [0.717, 1.165) is 45.4 Å². The quantitative estimate of drug-likeness (QED) is 0.854. The minimum Gasteiger partial charge on any atom is -0.314 e. The summed E-state index contributed by atoms with van der Waals surface area (Å²) >= 11 is 5.74. The second kappa shape index (κ2) is 8.65. The Hall–Kier alpha value is -0.130. The molecule has 22 heavy (non-hydrogen) atoms. The van der Waals surface area contributed by atoms with Crippen molar-refractivity contribution in [1.29, 1.82) is 0 Å². The molecule has 2 nitrogen and oxygen atoms in total. The number of nitrogens with zero attached hydrogens (tertiary/aromatic N) is 1. The summed E-state index contributed by atoms with van der Waals surface area (Å²) in [6, 6.07) is 2.31. The van der Waals surface area contributed by atoms with Gasteiger partial charge in [-0.15, -0.1) is 24.8 Å². The number of nitrogens with one attached hydrogen (secondary N) is 1. The zero-order chi connectivity index (χ0) is 14.1. The minimum absolute atomic E-state index is 0. The highest BCUT2D eigenvalue weighted by Gasteiger charge is 2.36. The minimum atomic E-state index is -0.509. The van der Waals surface area contributed by atoms with E-state index in [2.05, 4.69) is 10.2 Å². The standard InChI is InChI=1S/C15H19ClF2N2.2ClH/c16-11-8-12(17)14(13(18)9-11)15(10-2-1-3-10)20-6-4-19-5-7-20;;/h8-10,15,19H,1-7H2;2*1H/t15-;;/m1../s1. The molecule has 2 aliphatic rings. The van der Waals surface area contributed by atoms with Gasteiger partial charge in [-0.3, -0.25) is 4.90 Å². The third-order valence-electron chi connectivity index (χ3n) is 4.48. The van der Waals surface area contributed by atoms with Crippen molar-refractivity contribution in [3.63, 3.8) is 0 Å². The first-order valence-corrected chi connectivity index (χ1v) is 7.64. The molecule has 1 saturated carbocycles. The Labute approximate surface area is 147 Å². The van der Waals surface area contributed by atoms with Crippen molar-refractivity contribution in [3.8, 4) is 0 Å². The first-order valence-electron chi connectivity index (χ1n) is 7.26. The van der Waals surface area contributed by atoms with E-state index in [1.165, 1.54) is 12.1 Å². The van der Waals surface area contributed by atoms with E-state index >= 15 is 0 Å². The van der Waals surface area contributed by atoms with Crippen LogP contribution in [0.25, 0.3) is 0 Å². The molecule has 0 amide bonds. The van der Waals surface area contributed by atoms with Gasteiger partial charge in [0.25, 0.3) is 0 Å². The van der Waals surface area contributed by atoms with Crippen LogP contribution in [0.1, 0.15) is 30.9 Å². The Morgan fingerprint density at radius 2 is 1.64 bits per heavy atom. The number of piperazine rings is 1. The lowest BCUT2D eigenvalue weighted by molar-refractivity contribution is 0.0785. The normalized spacial score (nSPS) is 20.5. The third-order valence-corrected chi connectivity index (χ3v) is 4.70. The molecule has 1 atom stereocenters. The summed E-state index contributed by atoms with van der Waals surface area (Å²) in [4.78, 5) is 2.22. The maximum atomic E-state index is 14.3. The Morgan fingerprint density at radius 1 is 1.09 bits per heavy atom. The molecule has 0 bridgehead atoms. The van der Waals surface area contributed by atoms with Crippen molar-refractivity contribution in [3.05, 3.63) is 34.4 Å². The van der Waals surface area contributed by atoms with Crippen LogP contribution in [0.5, 0.6) is 0 Å². The maximum Gasteiger partial charge on any atom is 0.132 e. The predicted molar refractivity (Wildman–Crippen MR) is 90.4 cm³/mol. The second-order valence-electron chi connectivity index (χ2n) is 5.70. The molecule has 3 rings (SSSR count). The van der Waals surface area contributed by atoms with Gasteiger partial charge >= 0.3 is 0 Å². The Bertz CT molecular complexity index is 469. The van der Waals surface area contributed by atoms with Gasteiger partial charge in [0.1, 0.15) is 11.6 Å². The van der Waals surface area contributed by atoms with Crippen LogP contribution >= 0.6 is 36.4 Å². The summed E-state index contributed by atoms with van der Waals surface area (Å²) in [6.45, 7) is 3.42. The molecule has 0 radical (unpaired) electrons. The largest absolute Gasteiger partial charge is 0.314 e. The monoisotopic (exact) mass is 372 g/mol. The topological polar surface area (TPSA) is 15.3 Å². The summed E-state index contributed by atoms with van der Waals surface area (Å²) in [5.74, 6) is -0.658. The summed E-state index contributed by atoms with van der Waals surface area (Å²) in [5, 5.41) is 3.41. The maximum absolute atomic E-state index is 14.3. The molecule has 0 spiro atoms. The van der Waals surface area contributed by atoms with Crippen LogP contribution in [-0.2, 0) is 0 Å². The van der Waals surface area contributed by atoms with Gasteiger partial charge < -0.3 is 5.32 Å². The van der Waals surface area contributed by atoms with E-state index < -0.39 is 11.6 Å². The van der Waals surface area contributed by atoms with Gasteiger partial charge in [0, 0.05) is 42.8 Å². The molecule has 126 valence electrons. The van der Waals surface area contributed by atoms with E-state index in [0.29, 0.717) is 5.92 Å². The number of rotatable bonds is 3. The van der Waals surface area contributed by atoms with Crippen LogP contribution in [0.3, 0.4) is 0 Å². The summed E-state index contributed by atoms with van der Waals surface area (Å²) in [7, 11) is 0. The molecule has 0 aromatic heterocycles. The van der Waals surface area contributed by atoms with Gasteiger partial charge in [0.2, 0.25) is 0 Å². The molecule has 0 unspecified atom stereocenters. The lowest BCUT2D eigenvalue weighted by Gasteiger charge is -2.43. The molecule has 1 aliphatic heterocycles. The smallest absolute Gasteiger partial charge is 0.132 e. The Balaban J connectivity index is 0.00000121. The summed E-state index contributed by atoms with van der Waals surface area (Å²) in [5.41, 5.74) is 0.209. The van der Waals surface area contributed by atoms with Crippen LogP contribution in [0.4, 0.5) is 8.78 Å². The number of hydrogen-bond donors (Lipinski definition) is 1. The number of benzene rings is 1. The van der Waals surface area contributed by atoms with Crippen molar-refractivity contribution in [2.45, 2.75) is 25.3 Å². The highest BCUT2D eigenvalue weighted by molar-refractivity contribution is 6.30. The summed E-state index contributed by atoms with van der Waals surface area (Å²) in [6.07, 6.45) is 3.26. The van der Waals surface area contributed by atoms with Crippen molar-refractivity contribution in [2.24, 2.45) is 5.92 Å². The van der Waals surface area contributed by atoms with E-state index in [1.807, 2.05) is 0 Å². The fourth-order valence-corrected chi connectivity index (χ4v) is 3.46. The van der Waals surface area contributed by atoms with Crippen LogP contribution < -0.4 is 5.32 Å². The van der Waals surface area contributed by atoms with E-state index in [9.17, 15) is 8.78 Å². The zero-order valence-electron chi connectivity index (χ0n) is 12.2. The first kappa shape index (κ1) is 19.9. The number of halogens is 5. The van der Waals surface area contributed by atoms with Crippen molar-refractivity contribution in [2.75, 3.05) is 26.2 Å². The first-order chi connectivity index (χ1) is 9.66. The molecular formula is C15H21Cl3F2N2. The summed E-state index contributed by atoms with van der Waals surface area (Å²) < 4.78 is 28.5. The zero-order valence-corrected chi connectivity index (χ0v) is 14.5. The van der Waals surface area contributed by atoms with Gasteiger partial charge in [-0.1, -0.05) is 18.0 Å². The predicted octanol–water partition coefficient (Wildman–Crippen LogP) is 4.21. The Morgan fingerprint density at radius 3 is 2.09 bits per heavy atom. The molecule has 1 N–H and O–H groups in total. The fourth-order valence-electron chi connectivity index (χ4n) is 3.27. The molecule has 2 fully saturated rings. The van der Waals surface area contributed by atoms with Crippen LogP contribution in [0, 0.1) is 17.6 Å². The van der Waals surface area contributed by atoms with E-state index in [1.54, 1.807) is 0 Å². The molecular weight excluding hydrogens is 353 g/mol. The highest BCUT2D eigenvalue weighted by atomic mass is 35.5. The molecule has 1 heterocycles. The second-order valence-corrected chi connectivity index (χ2v) is 6.14. The SMILES string of the molecule is Cl.Cl.Fc1cc(Cl)cc(F)c1[C@@H](C1CCC1)N1CCNCC1. The van der Waals surface area contributed by atoms with Gasteiger partial charge in [-0.05, 0) is 30.9 Å². The lowest BCUT2D eigenvalue weighted by Crippen LogP contribution is -2.48. The molecule has 7 heteroatoms. The van der Waals surface area contributed by atoms with Crippen molar-refractivity contribution >= 4 is 36.4 Å². The van der Waals surface area contributed by atoms with Crippen LogP contribution in [0.2, 0.25) is 5.02 Å². The molecule has 1 saturated heterocycles. The highest BCUT2D eigenvalue weighted by Crippen LogP contribution is 2.43. The van der Waals surface area contributed by atoms with Gasteiger partial charge in [0.05, 0.1) is 0 Å². The molecule has 1 aromatic carbocycles. The Kier molecular flexibility index (Phi) is 7.83.